The Morgan fingerprint density at radius 3 is 2.20 bits per heavy atom. The maximum absolute atomic E-state index is 13.7. The summed E-state index contributed by atoms with van der Waals surface area (Å²) in [6.45, 7) is 3.80. The van der Waals surface area contributed by atoms with E-state index in [1.54, 1.807) is 12.1 Å². The molecular weight excluding hydrogens is 588 g/mol. The fourth-order valence-electron chi connectivity index (χ4n) is 4.96. The third-order valence-electron chi connectivity index (χ3n) is 7.10. The zero-order valence-corrected chi connectivity index (χ0v) is 26.2. The molecule has 12 nitrogen and oxygen atoms in total. The van der Waals surface area contributed by atoms with E-state index >= 15 is 0 Å². The van der Waals surface area contributed by atoms with Gasteiger partial charge in [-0.3, -0.25) is 9.59 Å². The molecule has 13 heteroatoms. The van der Waals surface area contributed by atoms with Crippen LogP contribution in [-0.2, 0) is 46.9 Å². The highest BCUT2D eigenvalue weighted by Crippen LogP contribution is 2.21. The molecule has 0 saturated carbocycles. The standard InChI is InChI=1S/C31H42N4O8S/c1-22(2)19-25(34-44(40,41)18-16-32-31(39)43-21-24-13-8-5-9-14-24)29(37)35-17-10-15-27(35)28(36)33-26(30(38)42-3)20-23-11-6-4-7-12-23/h4-9,11-14,22,25-27,34H,10,15-21H2,1-3H3,(H,32,39)(H,33,36)/t25-,26-,27-/m0/s1. The van der Waals surface area contributed by atoms with E-state index in [2.05, 4.69) is 15.4 Å². The summed E-state index contributed by atoms with van der Waals surface area (Å²) in [5.74, 6) is -2.15. The van der Waals surface area contributed by atoms with Crippen molar-refractivity contribution >= 4 is 33.9 Å². The van der Waals surface area contributed by atoms with Gasteiger partial charge in [0, 0.05) is 19.5 Å². The summed E-state index contributed by atoms with van der Waals surface area (Å²) >= 11 is 0. The molecule has 1 heterocycles. The van der Waals surface area contributed by atoms with Crippen molar-refractivity contribution in [2.45, 2.75) is 64.3 Å². The van der Waals surface area contributed by atoms with E-state index in [1.165, 1.54) is 12.0 Å². The number of sulfonamides is 1. The van der Waals surface area contributed by atoms with Crippen LogP contribution in [0, 0.1) is 5.92 Å². The molecule has 3 rings (SSSR count). The van der Waals surface area contributed by atoms with Gasteiger partial charge in [0.15, 0.2) is 0 Å². The van der Waals surface area contributed by atoms with Gasteiger partial charge in [0.2, 0.25) is 21.8 Å². The van der Waals surface area contributed by atoms with Crippen molar-refractivity contribution in [2.24, 2.45) is 5.92 Å². The monoisotopic (exact) mass is 630 g/mol. The van der Waals surface area contributed by atoms with Crippen LogP contribution < -0.4 is 15.4 Å². The molecular formula is C31H42N4O8S. The first-order chi connectivity index (χ1) is 21.0. The minimum Gasteiger partial charge on any atom is -0.467 e. The van der Waals surface area contributed by atoms with Crippen molar-refractivity contribution < 1.29 is 37.1 Å². The first kappa shape index (κ1) is 34.5. The number of hydrogen-bond acceptors (Lipinski definition) is 8. The number of esters is 1. The number of rotatable bonds is 15. The summed E-state index contributed by atoms with van der Waals surface area (Å²) in [7, 11) is -2.76. The quantitative estimate of drug-likeness (QED) is 0.253. The largest absolute Gasteiger partial charge is 0.467 e. The highest BCUT2D eigenvalue weighted by atomic mass is 32.2. The third-order valence-corrected chi connectivity index (χ3v) is 8.49. The summed E-state index contributed by atoms with van der Waals surface area (Å²) in [6.07, 6.45) is 0.564. The molecule has 3 atom stereocenters. The summed E-state index contributed by atoms with van der Waals surface area (Å²) in [5, 5.41) is 5.14. The second kappa shape index (κ2) is 16.8. The van der Waals surface area contributed by atoms with Gasteiger partial charge in [0.25, 0.3) is 0 Å². The topological polar surface area (TPSA) is 160 Å². The number of methoxy groups -OCH3 is 1. The van der Waals surface area contributed by atoms with Crippen LogP contribution in [-0.4, -0.2) is 81.3 Å². The summed E-state index contributed by atoms with van der Waals surface area (Å²) in [4.78, 5) is 52.9. The second-order valence-electron chi connectivity index (χ2n) is 11.1. The number of ether oxygens (including phenoxy) is 2. The van der Waals surface area contributed by atoms with E-state index in [0.29, 0.717) is 12.8 Å². The zero-order valence-electron chi connectivity index (χ0n) is 25.4. The molecule has 0 aromatic heterocycles. The number of nitrogens with one attached hydrogen (secondary N) is 3. The first-order valence-electron chi connectivity index (χ1n) is 14.7. The number of benzene rings is 2. The van der Waals surface area contributed by atoms with Crippen LogP contribution in [0.4, 0.5) is 4.79 Å². The van der Waals surface area contributed by atoms with E-state index < -0.39 is 57.8 Å². The lowest BCUT2D eigenvalue weighted by Gasteiger charge is -2.30. The molecule has 3 N–H and O–H groups in total. The fourth-order valence-corrected chi connectivity index (χ4v) is 6.08. The van der Waals surface area contributed by atoms with E-state index in [9.17, 15) is 27.6 Å². The first-order valence-corrected chi connectivity index (χ1v) is 16.3. The average molecular weight is 631 g/mol. The molecule has 240 valence electrons. The summed E-state index contributed by atoms with van der Waals surface area (Å²) in [6, 6.07) is 15.3. The molecule has 0 aliphatic carbocycles. The van der Waals surface area contributed by atoms with Gasteiger partial charge in [-0.1, -0.05) is 74.5 Å². The van der Waals surface area contributed by atoms with Gasteiger partial charge in [0.1, 0.15) is 24.7 Å². The molecule has 1 saturated heterocycles. The Hall–Kier alpha value is -3.97. The molecule has 0 unspecified atom stereocenters. The Labute approximate surface area is 258 Å². The molecule has 0 bridgehead atoms. The predicted octanol–water partition coefficient (Wildman–Crippen LogP) is 2.14. The zero-order chi connectivity index (χ0) is 32.1. The fraction of sp³-hybridized carbons (Fsp3) is 0.484. The lowest BCUT2D eigenvalue weighted by Crippen LogP contribution is -2.56. The maximum Gasteiger partial charge on any atom is 0.407 e. The molecule has 1 aliphatic rings. The normalized spacial score (nSPS) is 16.2. The van der Waals surface area contributed by atoms with Crippen LogP contribution in [0.25, 0.3) is 0 Å². The lowest BCUT2D eigenvalue weighted by atomic mass is 10.0. The third kappa shape index (κ3) is 10.9. The van der Waals surface area contributed by atoms with Crippen molar-refractivity contribution in [3.63, 3.8) is 0 Å². The Morgan fingerprint density at radius 1 is 0.955 bits per heavy atom. The molecule has 0 radical (unpaired) electrons. The predicted molar refractivity (Wildman–Crippen MR) is 164 cm³/mol. The number of hydrogen-bond donors (Lipinski definition) is 3. The van der Waals surface area contributed by atoms with Crippen molar-refractivity contribution in [3.8, 4) is 0 Å². The van der Waals surface area contributed by atoms with E-state index in [1.807, 2.05) is 62.4 Å². The van der Waals surface area contributed by atoms with Crippen molar-refractivity contribution in [1.82, 2.24) is 20.3 Å². The molecule has 1 fully saturated rings. The SMILES string of the molecule is COC(=O)[C@H](Cc1ccccc1)NC(=O)[C@@H]1CCCN1C(=O)[C@H](CC(C)C)NS(=O)(=O)CCNC(=O)OCc1ccccc1. The van der Waals surface area contributed by atoms with Crippen LogP contribution in [0.3, 0.4) is 0 Å². The summed E-state index contributed by atoms with van der Waals surface area (Å²) < 4.78 is 38.4. The minimum absolute atomic E-state index is 0.0396. The minimum atomic E-state index is -4.00. The van der Waals surface area contributed by atoms with Gasteiger partial charge in [-0.15, -0.1) is 0 Å². The van der Waals surface area contributed by atoms with Crippen LogP contribution in [0.5, 0.6) is 0 Å². The maximum atomic E-state index is 13.7. The molecule has 1 aliphatic heterocycles. The Bertz CT molecular complexity index is 1360. The number of amides is 3. The Balaban J connectivity index is 1.60. The number of nitrogens with zero attached hydrogens (tertiary/aromatic N) is 1. The van der Waals surface area contributed by atoms with Gasteiger partial charge in [-0.05, 0) is 36.3 Å². The van der Waals surface area contributed by atoms with Gasteiger partial charge < -0.3 is 25.0 Å². The molecule has 3 amide bonds. The van der Waals surface area contributed by atoms with Gasteiger partial charge in [-0.25, -0.2) is 22.7 Å². The van der Waals surface area contributed by atoms with Gasteiger partial charge >= 0.3 is 12.1 Å². The number of alkyl carbamates (subject to hydrolysis) is 1. The summed E-state index contributed by atoms with van der Waals surface area (Å²) in [5.41, 5.74) is 1.62. The van der Waals surface area contributed by atoms with Gasteiger partial charge in [0.05, 0.1) is 12.9 Å². The Morgan fingerprint density at radius 2 is 1.59 bits per heavy atom. The van der Waals surface area contributed by atoms with Crippen molar-refractivity contribution in [3.05, 3.63) is 71.8 Å². The van der Waals surface area contributed by atoms with Crippen LogP contribution in [0.2, 0.25) is 0 Å². The second-order valence-corrected chi connectivity index (χ2v) is 12.9. The smallest absolute Gasteiger partial charge is 0.407 e. The van der Waals surface area contributed by atoms with Gasteiger partial charge in [-0.2, -0.15) is 0 Å². The lowest BCUT2D eigenvalue weighted by molar-refractivity contribution is -0.146. The highest BCUT2D eigenvalue weighted by molar-refractivity contribution is 7.89. The number of carbonyl (C=O) groups excluding carboxylic acids is 4. The molecule has 2 aromatic carbocycles. The Kier molecular flexibility index (Phi) is 13.2. The van der Waals surface area contributed by atoms with Crippen LogP contribution >= 0.6 is 0 Å². The van der Waals surface area contributed by atoms with Crippen LogP contribution in [0.1, 0.15) is 44.2 Å². The number of likely N-dealkylation sites (tertiary alicyclic amines) is 1. The molecule has 2 aromatic rings. The van der Waals surface area contributed by atoms with Crippen molar-refractivity contribution in [1.29, 1.82) is 0 Å². The van der Waals surface area contributed by atoms with E-state index in [0.717, 1.165) is 11.1 Å². The van der Waals surface area contributed by atoms with Crippen LogP contribution in [0.15, 0.2) is 60.7 Å². The molecule has 44 heavy (non-hydrogen) atoms. The number of carbonyl (C=O) groups is 4. The molecule has 0 spiro atoms. The highest BCUT2D eigenvalue weighted by Gasteiger charge is 2.39. The van der Waals surface area contributed by atoms with E-state index in [4.69, 9.17) is 9.47 Å². The van der Waals surface area contributed by atoms with E-state index in [-0.39, 0.29) is 38.5 Å². The van der Waals surface area contributed by atoms with Crippen molar-refractivity contribution in [2.75, 3.05) is 26.0 Å². The average Bonchev–Trinajstić information content (AvgIpc) is 3.49.